The van der Waals surface area contributed by atoms with Gasteiger partial charge in [0.25, 0.3) is 23.6 Å². The molecule has 8 nitrogen and oxygen atoms in total. The van der Waals surface area contributed by atoms with Gasteiger partial charge in [-0.05, 0) is 154 Å². The van der Waals surface area contributed by atoms with Gasteiger partial charge in [-0.2, -0.15) is 0 Å². The molecule has 0 fully saturated rings. The molecule has 0 heterocycles. The number of benzene rings is 13. The molecule has 380 valence electrons. The molecule has 0 aromatic heterocycles. The van der Waals surface area contributed by atoms with Gasteiger partial charge < -0.3 is 0 Å². The molecule has 0 spiro atoms. The number of hydrogen-bond acceptors (Lipinski definition) is 4. The monoisotopic (exact) mass is 1030 g/mol. The predicted octanol–water partition coefficient (Wildman–Crippen LogP) is 17.7. The van der Waals surface area contributed by atoms with E-state index in [0.717, 1.165) is 21.5 Å². The van der Waals surface area contributed by atoms with Crippen molar-refractivity contribution in [2.24, 2.45) is 0 Å². The van der Waals surface area contributed by atoms with Crippen LogP contribution in [0.25, 0.3) is 43.1 Å². The molecule has 13 rings (SSSR count). The Labute approximate surface area is 462 Å². The van der Waals surface area contributed by atoms with Crippen LogP contribution in [0, 0.1) is 0 Å². The summed E-state index contributed by atoms with van der Waals surface area (Å²) in [4.78, 5) is 70.6. The lowest BCUT2D eigenvalue weighted by Gasteiger charge is -2.28. The van der Waals surface area contributed by atoms with E-state index in [1.807, 2.05) is 291 Å². The van der Waals surface area contributed by atoms with Gasteiger partial charge in [0.1, 0.15) is 0 Å². The highest BCUT2D eigenvalue weighted by Crippen LogP contribution is 2.47. The number of rotatable bonds is 12. The minimum Gasteiger partial charge on any atom is -0.277 e. The first-order chi connectivity index (χ1) is 39.4. The minimum atomic E-state index is -0.340. The molecule has 0 radical (unpaired) electrons. The molecule has 0 atom stereocenters. The molecule has 4 amide bonds. The smallest absolute Gasteiger partial charge is 0.263 e. The average molecular weight is 1030 g/mol. The van der Waals surface area contributed by atoms with Crippen LogP contribution in [-0.4, -0.2) is 23.6 Å². The highest BCUT2D eigenvalue weighted by molar-refractivity contribution is 6.40. The molecule has 13 aromatic carbocycles. The third-order valence-electron chi connectivity index (χ3n) is 14.8. The van der Waals surface area contributed by atoms with Crippen molar-refractivity contribution in [2.45, 2.75) is 0 Å². The molecule has 0 aliphatic rings. The van der Waals surface area contributed by atoms with Crippen LogP contribution in [0.2, 0.25) is 0 Å². The van der Waals surface area contributed by atoms with Crippen molar-refractivity contribution >= 4 is 112 Å². The predicted molar refractivity (Wildman–Crippen MR) is 325 cm³/mol. The molecule has 0 saturated carbocycles. The summed E-state index contributed by atoms with van der Waals surface area (Å²) >= 11 is 0. The Morgan fingerprint density at radius 2 is 0.325 bits per heavy atom. The average Bonchev–Trinajstić information content (AvgIpc) is 3.66. The zero-order valence-electron chi connectivity index (χ0n) is 43.1. The van der Waals surface area contributed by atoms with Crippen molar-refractivity contribution < 1.29 is 19.2 Å². The summed E-state index contributed by atoms with van der Waals surface area (Å²) in [6, 6.07) is 91.1. The Bertz CT molecular complexity index is 3690. The molecule has 8 heteroatoms. The van der Waals surface area contributed by atoms with Crippen LogP contribution in [-0.2, 0) is 0 Å². The van der Waals surface area contributed by atoms with Crippen molar-refractivity contribution in [1.82, 2.24) is 0 Å². The molecular weight excluding hydrogens is 985 g/mol. The second kappa shape index (κ2) is 20.9. The van der Waals surface area contributed by atoms with Crippen LogP contribution in [0.15, 0.2) is 291 Å². The first kappa shape index (κ1) is 48.7. The molecule has 0 bridgehead atoms. The van der Waals surface area contributed by atoms with Crippen LogP contribution in [0.4, 0.5) is 45.5 Å². The third-order valence-corrected chi connectivity index (χ3v) is 14.8. The zero-order chi connectivity index (χ0) is 54.1. The van der Waals surface area contributed by atoms with E-state index in [-0.39, 0.29) is 23.6 Å². The maximum atomic E-state index is 16.0. The number of carbonyl (C=O) groups excluding carboxylic acids is 4. The Hall–Kier alpha value is -11.0. The van der Waals surface area contributed by atoms with Crippen molar-refractivity contribution in [3.8, 4) is 0 Å². The molecule has 0 unspecified atom stereocenters. The lowest BCUT2D eigenvalue weighted by molar-refractivity contribution is 0.0987. The lowest BCUT2D eigenvalue weighted by atomic mass is 9.83. The van der Waals surface area contributed by atoms with Gasteiger partial charge in [0, 0.05) is 78.5 Å². The quantitative estimate of drug-likeness (QED) is 0.0902. The van der Waals surface area contributed by atoms with Gasteiger partial charge in [-0.15, -0.1) is 0 Å². The maximum Gasteiger partial charge on any atom is 0.263 e. The van der Waals surface area contributed by atoms with E-state index in [4.69, 9.17) is 0 Å². The van der Waals surface area contributed by atoms with E-state index >= 15 is 19.2 Å². The fourth-order valence-corrected chi connectivity index (χ4v) is 11.2. The number of para-hydroxylation sites is 8. The van der Waals surface area contributed by atoms with Gasteiger partial charge in [0.2, 0.25) is 0 Å². The number of nitrogens with zero attached hydrogens (tertiary/aromatic N) is 4. The number of amides is 4. The number of fused-ring (bicyclic) bond motifs is 2. The fraction of sp³-hybridized carbons (Fsp3) is 0. The first-order valence-electron chi connectivity index (χ1n) is 26.4. The van der Waals surface area contributed by atoms with Crippen LogP contribution in [0.5, 0.6) is 0 Å². The SMILES string of the molecule is O=C(c1ccc2c3ccc(C(=O)N(c4ccccc4)c4ccccc4)c4c(C(=O)N(c5ccccc5)c5ccccc5)ccc(c5ccc(C(=O)N(c6ccccc6)c6ccccc6)c1c25)c43)N(c1ccccc1)c1ccccc1. The van der Waals surface area contributed by atoms with Crippen molar-refractivity contribution in [3.05, 3.63) is 313 Å². The Kier molecular flexibility index (Phi) is 12.7. The van der Waals surface area contributed by atoms with Crippen molar-refractivity contribution in [3.63, 3.8) is 0 Å². The number of hydrogen-bond donors (Lipinski definition) is 0. The summed E-state index contributed by atoms with van der Waals surface area (Å²) in [5.41, 5.74) is 6.44. The summed E-state index contributed by atoms with van der Waals surface area (Å²) in [6.07, 6.45) is 0. The topological polar surface area (TPSA) is 81.2 Å². The van der Waals surface area contributed by atoms with Gasteiger partial charge >= 0.3 is 0 Å². The Morgan fingerprint density at radius 3 is 0.475 bits per heavy atom. The number of carbonyl (C=O) groups is 4. The van der Waals surface area contributed by atoms with E-state index in [2.05, 4.69) is 0 Å². The Balaban J connectivity index is 1.13. The van der Waals surface area contributed by atoms with Gasteiger partial charge in [0.05, 0.1) is 0 Å². The lowest BCUT2D eigenvalue weighted by Crippen LogP contribution is -2.29. The van der Waals surface area contributed by atoms with Crippen LogP contribution < -0.4 is 19.6 Å². The van der Waals surface area contributed by atoms with Gasteiger partial charge in [-0.3, -0.25) is 38.8 Å². The van der Waals surface area contributed by atoms with Gasteiger partial charge in [0.15, 0.2) is 0 Å². The van der Waals surface area contributed by atoms with Crippen molar-refractivity contribution in [2.75, 3.05) is 19.6 Å². The second-order valence-electron chi connectivity index (χ2n) is 19.4. The second-order valence-corrected chi connectivity index (χ2v) is 19.4. The molecule has 80 heavy (non-hydrogen) atoms. The van der Waals surface area contributed by atoms with Crippen LogP contribution >= 0.6 is 0 Å². The van der Waals surface area contributed by atoms with E-state index in [9.17, 15) is 0 Å². The zero-order valence-corrected chi connectivity index (χ0v) is 43.1. The largest absolute Gasteiger partial charge is 0.277 e. The molecule has 0 saturated heterocycles. The molecule has 13 aromatic rings. The van der Waals surface area contributed by atoms with Gasteiger partial charge in [-0.25, -0.2) is 0 Å². The minimum absolute atomic E-state index is 0.309. The Morgan fingerprint density at radius 1 is 0.175 bits per heavy atom. The normalized spacial score (nSPS) is 11.2. The summed E-state index contributed by atoms with van der Waals surface area (Å²) in [6.45, 7) is 0. The molecule has 0 aliphatic carbocycles. The summed E-state index contributed by atoms with van der Waals surface area (Å²) in [5.74, 6) is -1.36. The molecular formula is C72H48N4O4. The van der Waals surface area contributed by atoms with E-state index in [0.29, 0.717) is 89.3 Å². The van der Waals surface area contributed by atoms with E-state index in [1.54, 1.807) is 19.6 Å². The van der Waals surface area contributed by atoms with Crippen molar-refractivity contribution in [1.29, 1.82) is 0 Å². The van der Waals surface area contributed by atoms with Crippen LogP contribution in [0.1, 0.15) is 41.4 Å². The van der Waals surface area contributed by atoms with E-state index in [1.165, 1.54) is 0 Å². The molecule has 0 aliphatic heterocycles. The standard InChI is InChI=1S/C72H48N4O4/c77-69(73(49-25-9-1-10-26-49)50-27-11-2-12-28-50)61-45-41-57-59-43-47-63(71(79)75(53-33-17-5-18-34-53)54-35-19-6-20-36-54)68-64(72(80)76(55-37-21-7-22-38-55)56-39-23-8-24-40-56)48-44-60(66(59)68)58-42-46-62(67(61)65(57)58)70(78)74(51-29-13-3-14-30-51)52-31-15-4-16-32-52/h1-48H. The third kappa shape index (κ3) is 8.54. The molecule has 0 N–H and O–H groups in total. The van der Waals surface area contributed by atoms with Gasteiger partial charge in [-0.1, -0.05) is 170 Å². The van der Waals surface area contributed by atoms with E-state index < -0.39 is 0 Å². The fourth-order valence-electron chi connectivity index (χ4n) is 11.2. The highest BCUT2D eigenvalue weighted by atomic mass is 16.2. The van der Waals surface area contributed by atoms with Crippen LogP contribution in [0.3, 0.4) is 0 Å². The summed E-state index contributed by atoms with van der Waals surface area (Å²) < 4.78 is 0. The summed E-state index contributed by atoms with van der Waals surface area (Å²) in [7, 11) is 0. The maximum absolute atomic E-state index is 16.0. The first-order valence-corrected chi connectivity index (χ1v) is 26.4. The highest BCUT2D eigenvalue weighted by Gasteiger charge is 2.33. The summed E-state index contributed by atoms with van der Waals surface area (Å²) in [5, 5.41) is 5.19. The number of anilines is 8.